The number of aromatic nitrogens is 3. The first-order valence-electron chi connectivity index (χ1n) is 11.1. The summed E-state index contributed by atoms with van der Waals surface area (Å²) in [4.78, 5) is 24.0. The van der Waals surface area contributed by atoms with Crippen LogP contribution in [0.1, 0.15) is 45.2 Å². The molecule has 0 saturated heterocycles. The molecule has 8 heteroatoms. The molecule has 0 atom stereocenters. The van der Waals surface area contributed by atoms with Crippen LogP contribution in [-0.4, -0.2) is 39.0 Å². The largest absolute Gasteiger partial charge is 0.338 e. The Morgan fingerprint density at radius 2 is 1.70 bits per heavy atom. The molecule has 7 nitrogen and oxygen atoms in total. The first-order chi connectivity index (χ1) is 15.8. The van der Waals surface area contributed by atoms with Crippen molar-refractivity contribution in [2.75, 3.05) is 12.3 Å². The number of carbonyl (C=O) groups excluding carboxylic acids is 2. The van der Waals surface area contributed by atoms with Crippen LogP contribution in [0.3, 0.4) is 0 Å². The number of hydrogen-bond acceptors (Lipinski definition) is 5. The molecule has 1 aromatic heterocycles. The lowest BCUT2D eigenvalue weighted by atomic mass is 9.87. The first kappa shape index (κ1) is 24.5. The van der Waals surface area contributed by atoms with Crippen molar-refractivity contribution < 1.29 is 9.59 Å². The van der Waals surface area contributed by atoms with E-state index in [2.05, 4.69) is 65.9 Å². The van der Waals surface area contributed by atoms with E-state index in [9.17, 15) is 9.59 Å². The molecule has 2 N–H and O–H groups in total. The zero-order valence-corrected chi connectivity index (χ0v) is 20.4. The summed E-state index contributed by atoms with van der Waals surface area (Å²) in [6.07, 6.45) is 0.804. The molecule has 0 bridgehead atoms. The van der Waals surface area contributed by atoms with E-state index in [0.717, 1.165) is 23.4 Å². The van der Waals surface area contributed by atoms with Crippen LogP contribution in [0.4, 0.5) is 4.79 Å². The summed E-state index contributed by atoms with van der Waals surface area (Å²) >= 11 is 1.26. The maximum atomic E-state index is 12.2. The van der Waals surface area contributed by atoms with Gasteiger partial charge in [0.25, 0.3) is 0 Å². The average molecular weight is 466 g/mol. The predicted octanol–water partition coefficient (Wildman–Crippen LogP) is 4.62. The van der Waals surface area contributed by atoms with Gasteiger partial charge in [-0.15, -0.1) is 10.2 Å². The van der Waals surface area contributed by atoms with Gasteiger partial charge in [-0.1, -0.05) is 94.1 Å². The van der Waals surface area contributed by atoms with Crippen LogP contribution in [0.15, 0.2) is 59.8 Å². The van der Waals surface area contributed by atoms with Crippen LogP contribution in [0.25, 0.3) is 11.4 Å². The van der Waals surface area contributed by atoms with Crippen molar-refractivity contribution in [3.05, 3.63) is 65.7 Å². The summed E-state index contributed by atoms with van der Waals surface area (Å²) in [5, 5.41) is 14.4. The van der Waals surface area contributed by atoms with E-state index >= 15 is 0 Å². The molecule has 3 aromatic rings. The monoisotopic (exact) mass is 465 g/mol. The van der Waals surface area contributed by atoms with Crippen molar-refractivity contribution in [1.29, 1.82) is 0 Å². The highest BCUT2D eigenvalue weighted by Crippen LogP contribution is 2.28. The minimum absolute atomic E-state index is 0.0635. The Bertz CT molecular complexity index is 1070. The lowest BCUT2D eigenvalue weighted by Gasteiger charge is -2.19. The SMILES string of the molecule is CCCNC(=O)NC(=O)CSc1nnc(-c2ccc(C(C)(C)C)cc2)n1Cc1ccccc1. The fraction of sp³-hybridized carbons (Fsp3) is 0.360. The number of amides is 3. The molecule has 0 aliphatic carbocycles. The number of nitrogens with one attached hydrogen (secondary N) is 2. The molecule has 0 saturated carbocycles. The fourth-order valence-corrected chi connectivity index (χ4v) is 3.95. The second-order valence-corrected chi connectivity index (χ2v) is 9.74. The van der Waals surface area contributed by atoms with Gasteiger partial charge in [0.15, 0.2) is 11.0 Å². The van der Waals surface area contributed by atoms with Crippen molar-refractivity contribution in [1.82, 2.24) is 25.4 Å². The molecule has 0 aliphatic rings. The topological polar surface area (TPSA) is 88.9 Å². The molecular formula is C25H31N5O2S. The summed E-state index contributed by atoms with van der Waals surface area (Å²) in [7, 11) is 0. The zero-order valence-electron chi connectivity index (χ0n) is 19.6. The third kappa shape index (κ3) is 6.92. The molecule has 3 amide bonds. The Hall–Kier alpha value is -3.13. The number of carbonyl (C=O) groups is 2. The number of thioether (sulfide) groups is 1. The van der Waals surface area contributed by atoms with Gasteiger partial charge in [0.2, 0.25) is 5.91 Å². The lowest BCUT2D eigenvalue weighted by molar-refractivity contribution is -0.117. The van der Waals surface area contributed by atoms with E-state index in [0.29, 0.717) is 18.2 Å². The van der Waals surface area contributed by atoms with Gasteiger partial charge in [-0.05, 0) is 23.0 Å². The highest BCUT2D eigenvalue weighted by Gasteiger charge is 2.18. The summed E-state index contributed by atoms with van der Waals surface area (Å²) < 4.78 is 2.01. The maximum Gasteiger partial charge on any atom is 0.321 e. The average Bonchev–Trinajstić information content (AvgIpc) is 3.18. The van der Waals surface area contributed by atoms with Crippen LogP contribution in [0, 0.1) is 0 Å². The van der Waals surface area contributed by atoms with Gasteiger partial charge >= 0.3 is 6.03 Å². The van der Waals surface area contributed by atoms with Gasteiger partial charge in [0.05, 0.1) is 12.3 Å². The summed E-state index contributed by atoms with van der Waals surface area (Å²) in [5.74, 6) is 0.428. The normalized spacial score (nSPS) is 11.3. The quantitative estimate of drug-likeness (QED) is 0.474. The highest BCUT2D eigenvalue weighted by atomic mass is 32.2. The van der Waals surface area contributed by atoms with Crippen LogP contribution in [-0.2, 0) is 16.8 Å². The lowest BCUT2D eigenvalue weighted by Crippen LogP contribution is -2.40. The molecule has 0 radical (unpaired) electrons. The van der Waals surface area contributed by atoms with Crippen LogP contribution in [0.2, 0.25) is 0 Å². The molecule has 2 aromatic carbocycles. The van der Waals surface area contributed by atoms with Crippen LogP contribution in [0.5, 0.6) is 0 Å². The predicted molar refractivity (Wildman–Crippen MR) is 132 cm³/mol. The molecular weight excluding hydrogens is 434 g/mol. The number of imide groups is 1. The smallest absolute Gasteiger partial charge is 0.321 e. The molecule has 1 heterocycles. The number of hydrogen-bond donors (Lipinski definition) is 2. The molecule has 3 rings (SSSR count). The summed E-state index contributed by atoms with van der Waals surface area (Å²) in [6, 6.07) is 17.9. The molecule has 0 unspecified atom stereocenters. The Morgan fingerprint density at radius 1 is 1.00 bits per heavy atom. The Morgan fingerprint density at radius 3 is 2.33 bits per heavy atom. The molecule has 33 heavy (non-hydrogen) atoms. The van der Waals surface area contributed by atoms with Crippen molar-refractivity contribution in [3.63, 3.8) is 0 Å². The molecule has 174 valence electrons. The zero-order chi connectivity index (χ0) is 23.8. The van der Waals surface area contributed by atoms with Crippen LogP contribution >= 0.6 is 11.8 Å². The summed E-state index contributed by atoms with van der Waals surface area (Å²) in [6.45, 7) is 9.60. The van der Waals surface area contributed by atoms with Gasteiger partial charge in [-0.3, -0.25) is 14.7 Å². The number of rotatable bonds is 8. The standard InChI is InChI=1S/C25H31N5O2S/c1-5-15-26-23(32)27-21(31)17-33-24-29-28-22(30(24)16-18-9-7-6-8-10-18)19-11-13-20(14-12-19)25(2,3)4/h6-14H,5,15-17H2,1-4H3,(H2,26,27,31,32). The van der Waals surface area contributed by atoms with Crippen molar-refractivity contribution in [2.24, 2.45) is 0 Å². The van der Waals surface area contributed by atoms with E-state index in [4.69, 9.17) is 0 Å². The number of benzene rings is 2. The Balaban J connectivity index is 1.81. The molecule has 0 fully saturated rings. The van der Waals surface area contributed by atoms with E-state index in [1.807, 2.05) is 41.8 Å². The van der Waals surface area contributed by atoms with Gasteiger partial charge in [-0.25, -0.2) is 4.79 Å². The molecule has 0 spiro atoms. The van der Waals surface area contributed by atoms with Crippen molar-refractivity contribution >= 4 is 23.7 Å². The number of nitrogens with zero attached hydrogens (tertiary/aromatic N) is 3. The van der Waals surface area contributed by atoms with Gasteiger partial charge in [0.1, 0.15) is 0 Å². The van der Waals surface area contributed by atoms with Crippen molar-refractivity contribution in [3.8, 4) is 11.4 Å². The second-order valence-electron chi connectivity index (χ2n) is 8.80. The second kappa shape index (κ2) is 11.1. The van der Waals surface area contributed by atoms with Crippen molar-refractivity contribution in [2.45, 2.75) is 51.2 Å². The van der Waals surface area contributed by atoms with Gasteiger partial charge < -0.3 is 5.32 Å². The van der Waals surface area contributed by atoms with Gasteiger partial charge in [-0.2, -0.15) is 0 Å². The third-order valence-corrected chi connectivity index (χ3v) is 6.00. The van der Waals surface area contributed by atoms with Crippen LogP contribution < -0.4 is 10.6 Å². The first-order valence-corrected chi connectivity index (χ1v) is 12.0. The minimum Gasteiger partial charge on any atom is -0.338 e. The Labute approximate surface area is 199 Å². The van der Waals surface area contributed by atoms with Gasteiger partial charge in [0, 0.05) is 12.1 Å². The van der Waals surface area contributed by atoms with E-state index in [1.165, 1.54) is 17.3 Å². The summed E-state index contributed by atoms with van der Waals surface area (Å²) in [5.41, 5.74) is 3.37. The maximum absolute atomic E-state index is 12.2. The Kier molecular flexibility index (Phi) is 8.27. The highest BCUT2D eigenvalue weighted by molar-refractivity contribution is 7.99. The number of urea groups is 1. The third-order valence-electron chi connectivity index (χ3n) is 5.03. The molecule has 0 aliphatic heterocycles. The fourth-order valence-electron chi connectivity index (χ4n) is 3.21. The van der Waals surface area contributed by atoms with E-state index < -0.39 is 6.03 Å². The minimum atomic E-state index is -0.479. The van der Waals surface area contributed by atoms with E-state index in [1.54, 1.807) is 0 Å². The van der Waals surface area contributed by atoms with E-state index in [-0.39, 0.29) is 17.1 Å².